The van der Waals surface area contributed by atoms with Crippen molar-refractivity contribution in [3.8, 4) is 0 Å². The number of unbranched alkanes of at least 4 members (excludes halogenated alkanes) is 9. The number of hydrogen-bond acceptors (Lipinski definition) is 4. The Morgan fingerprint density at radius 1 is 1.04 bits per heavy atom. The van der Waals surface area contributed by atoms with Crippen molar-refractivity contribution in [1.29, 1.82) is 0 Å². The molecule has 0 aromatic heterocycles. The van der Waals surface area contributed by atoms with Crippen LogP contribution in [0.15, 0.2) is 12.2 Å². The number of phosphoric ester groups is 1. The normalized spacial score (nSPS) is 15.2. The number of aliphatic hydroxyl groups excluding tert-OH is 1. The molecule has 23 heavy (non-hydrogen) atoms. The molecule has 0 spiro atoms. The number of hydrogen-bond donors (Lipinski definition) is 4. The molecule has 0 saturated heterocycles. The van der Waals surface area contributed by atoms with Gasteiger partial charge in [-0.25, -0.2) is 4.57 Å². The van der Waals surface area contributed by atoms with Crippen molar-refractivity contribution >= 4 is 7.82 Å². The lowest BCUT2D eigenvalue weighted by atomic mass is 10.1. The van der Waals surface area contributed by atoms with E-state index in [9.17, 15) is 9.67 Å². The van der Waals surface area contributed by atoms with Crippen LogP contribution in [0.3, 0.4) is 0 Å². The average molecular weight is 351 g/mol. The van der Waals surface area contributed by atoms with Gasteiger partial charge >= 0.3 is 7.82 Å². The first-order chi connectivity index (χ1) is 10.9. The van der Waals surface area contributed by atoms with Crippen molar-refractivity contribution in [3.05, 3.63) is 12.2 Å². The Morgan fingerprint density at radius 2 is 1.57 bits per heavy atom. The van der Waals surface area contributed by atoms with Crippen molar-refractivity contribution in [2.24, 2.45) is 5.73 Å². The molecule has 0 aliphatic heterocycles. The molecule has 0 saturated carbocycles. The SMILES string of the molecule is CCCCCCCCCCC/C=C/C(O)[C@@H](N)COP(=O)(O)O. The van der Waals surface area contributed by atoms with Gasteiger partial charge in [0.1, 0.15) is 0 Å². The number of nitrogens with two attached hydrogens (primary N) is 1. The third kappa shape index (κ3) is 16.4. The minimum Gasteiger partial charge on any atom is -0.387 e. The van der Waals surface area contributed by atoms with Crippen LogP contribution in [-0.4, -0.2) is 33.6 Å². The standard InChI is InChI=1S/C16H34NO5P/c1-2-3-4-5-6-7-8-9-10-11-12-13-16(18)15(17)14-22-23(19,20)21/h12-13,15-16,18H,2-11,14,17H2,1H3,(H2,19,20,21)/b13-12+/t15-,16?/m0/s1. The van der Waals surface area contributed by atoms with Gasteiger partial charge < -0.3 is 20.6 Å². The summed E-state index contributed by atoms with van der Waals surface area (Å²) in [6, 6.07) is -0.845. The highest BCUT2D eigenvalue weighted by atomic mass is 31.2. The highest BCUT2D eigenvalue weighted by Crippen LogP contribution is 2.35. The van der Waals surface area contributed by atoms with Gasteiger partial charge in [0.15, 0.2) is 0 Å². The number of aliphatic hydroxyl groups is 1. The van der Waals surface area contributed by atoms with Crippen LogP contribution in [0.1, 0.15) is 71.1 Å². The van der Waals surface area contributed by atoms with Crippen LogP contribution in [0.4, 0.5) is 0 Å². The molecule has 138 valence electrons. The summed E-state index contributed by atoms with van der Waals surface area (Å²) < 4.78 is 14.8. The van der Waals surface area contributed by atoms with E-state index in [2.05, 4.69) is 11.4 Å². The largest absolute Gasteiger partial charge is 0.469 e. The Labute approximate surface area is 140 Å². The zero-order valence-electron chi connectivity index (χ0n) is 14.3. The second-order valence-corrected chi connectivity index (χ2v) is 7.23. The molecule has 0 rings (SSSR count). The van der Waals surface area contributed by atoms with Crippen LogP contribution in [-0.2, 0) is 9.09 Å². The van der Waals surface area contributed by atoms with E-state index in [1.165, 1.54) is 51.4 Å². The molecule has 2 atom stereocenters. The van der Waals surface area contributed by atoms with Crippen LogP contribution >= 0.6 is 7.82 Å². The summed E-state index contributed by atoms with van der Waals surface area (Å²) in [4.78, 5) is 17.1. The molecule has 0 aromatic rings. The summed E-state index contributed by atoms with van der Waals surface area (Å²) in [6.07, 6.45) is 14.8. The van der Waals surface area contributed by atoms with Gasteiger partial charge in [0.05, 0.1) is 18.8 Å². The molecule has 6 nitrogen and oxygen atoms in total. The van der Waals surface area contributed by atoms with E-state index in [0.29, 0.717) is 0 Å². The van der Waals surface area contributed by atoms with Crippen molar-refractivity contribution in [3.63, 3.8) is 0 Å². The van der Waals surface area contributed by atoms with Gasteiger partial charge in [-0.3, -0.25) is 4.52 Å². The Bertz CT molecular complexity index is 345. The first kappa shape index (κ1) is 22.8. The highest BCUT2D eigenvalue weighted by molar-refractivity contribution is 7.46. The Morgan fingerprint density at radius 3 is 2.09 bits per heavy atom. The zero-order valence-corrected chi connectivity index (χ0v) is 15.2. The zero-order chi connectivity index (χ0) is 17.6. The van der Waals surface area contributed by atoms with Crippen LogP contribution in [0.5, 0.6) is 0 Å². The van der Waals surface area contributed by atoms with Gasteiger partial charge in [-0.15, -0.1) is 0 Å². The molecule has 0 amide bonds. The summed E-state index contributed by atoms with van der Waals surface area (Å²) in [7, 11) is -4.53. The summed E-state index contributed by atoms with van der Waals surface area (Å²) in [5.41, 5.74) is 5.59. The van der Waals surface area contributed by atoms with E-state index in [0.717, 1.165) is 12.8 Å². The number of allylic oxidation sites excluding steroid dienone is 1. The van der Waals surface area contributed by atoms with Crippen molar-refractivity contribution in [2.45, 2.75) is 83.3 Å². The topological polar surface area (TPSA) is 113 Å². The molecule has 0 aliphatic carbocycles. The number of rotatable bonds is 15. The molecule has 0 aromatic carbocycles. The van der Waals surface area contributed by atoms with Crippen LogP contribution in [0.25, 0.3) is 0 Å². The molecule has 0 fully saturated rings. The molecular formula is C16H34NO5P. The average Bonchev–Trinajstić information content (AvgIpc) is 2.49. The minimum atomic E-state index is -4.53. The van der Waals surface area contributed by atoms with Crippen molar-refractivity contribution in [2.75, 3.05) is 6.61 Å². The lowest BCUT2D eigenvalue weighted by molar-refractivity contribution is 0.129. The van der Waals surface area contributed by atoms with Crippen molar-refractivity contribution < 1.29 is 24.0 Å². The van der Waals surface area contributed by atoms with Crippen LogP contribution < -0.4 is 5.73 Å². The maximum atomic E-state index is 10.5. The van der Waals surface area contributed by atoms with E-state index >= 15 is 0 Å². The fourth-order valence-corrected chi connectivity index (χ4v) is 2.60. The Balaban J connectivity index is 3.52. The van der Waals surface area contributed by atoms with Gasteiger partial charge in [0.2, 0.25) is 0 Å². The predicted octanol–water partition coefficient (Wildman–Crippen LogP) is 3.26. The van der Waals surface area contributed by atoms with Crippen molar-refractivity contribution in [1.82, 2.24) is 0 Å². The van der Waals surface area contributed by atoms with Gasteiger partial charge in [0.25, 0.3) is 0 Å². The summed E-state index contributed by atoms with van der Waals surface area (Å²) in [6.45, 7) is 1.84. The molecule has 0 radical (unpaired) electrons. The fourth-order valence-electron chi connectivity index (χ4n) is 2.23. The first-order valence-electron chi connectivity index (χ1n) is 8.67. The summed E-state index contributed by atoms with van der Waals surface area (Å²) in [5, 5.41) is 9.71. The third-order valence-corrected chi connectivity index (χ3v) is 4.17. The maximum Gasteiger partial charge on any atom is 0.469 e. The van der Waals surface area contributed by atoms with E-state index in [1.807, 2.05) is 6.08 Å². The monoisotopic (exact) mass is 351 g/mol. The lowest BCUT2D eigenvalue weighted by Crippen LogP contribution is -2.37. The minimum absolute atomic E-state index is 0.381. The summed E-state index contributed by atoms with van der Waals surface area (Å²) in [5.74, 6) is 0. The Kier molecular flexibility index (Phi) is 14.0. The van der Waals surface area contributed by atoms with Gasteiger partial charge in [-0.2, -0.15) is 0 Å². The molecular weight excluding hydrogens is 317 g/mol. The molecule has 1 unspecified atom stereocenters. The van der Waals surface area contributed by atoms with Gasteiger partial charge in [-0.1, -0.05) is 70.4 Å². The van der Waals surface area contributed by atoms with E-state index in [-0.39, 0.29) is 6.61 Å². The van der Waals surface area contributed by atoms with Gasteiger partial charge in [-0.05, 0) is 12.8 Å². The van der Waals surface area contributed by atoms with Crippen LogP contribution in [0, 0.1) is 0 Å². The third-order valence-electron chi connectivity index (χ3n) is 3.68. The predicted molar refractivity (Wildman–Crippen MR) is 93.0 cm³/mol. The van der Waals surface area contributed by atoms with Gasteiger partial charge in [0, 0.05) is 0 Å². The lowest BCUT2D eigenvalue weighted by Gasteiger charge is -2.15. The van der Waals surface area contributed by atoms with E-state index < -0.39 is 20.0 Å². The fraction of sp³-hybridized carbons (Fsp3) is 0.875. The Hall–Kier alpha value is -0.230. The molecule has 0 bridgehead atoms. The molecule has 7 heteroatoms. The molecule has 5 N–H and O–H groups in total. The summed E-state index contributed by atoms with van der Waals surface area (Å²) >= 11 is 0. The maximum absolute atomic E-state index is 10.5. The second kappa shape index (κ2) is 14.1. The highest BCUT2D eigenvalue weighted by Gasteiger charge is 2.19. The first-order valence-corrected chi connectivity index (χ1v) is 10.2. The smallest absolute Gasteiger partial charge is 0.387 e. The number of phosphoric acid groups is 1. The second-order valence-electron chi connectivity index (χ2n) is 5.99. The quantitative estimate of drug-likeness (QED) is 0.205. The van der Waals surface area contributed by atoms with E-state index in [4.69, 9.17) is 15.5 Å². The van der Waals surface area contributed by atoms with E-state index in [1.54, 1.807) is 6.08 Å². The molecule has 0 aliphatic rings. The molecule has 0 heterocycles. The van der Waals surface area contributed by atoms with Crippen LogP contribution in [0.2, 0.25) is 0 Å².